The molecule has 2 aromatic heterocycles. The number of nitrogens with one attached hydrogen (secondary N) is 1. The van der Waals surface area contributed by atoms with Gasteiger partial charge in [-0.15, -0.1) is 5.10 Å². The average Bonchev–Trinajstić information content (AvgIpc) is 3.29. The summed E-state index contributed by atoms with van der Waals surface area (Å²) in [6, 6.07) is 11.8. The van der Waals surface area contributed by atoms with Crippen LogP contribution in [0.25, 0.3) is 11.2 Å². The highest BCUT2D eigenvalue weighted by molar-refractivity contribution is 5.94. The predicted octanol–water partition coefficient (Wildman–Crippen LogP) is 3.11. The molecule has 0 saturated carbocycles. The highest BCUT2D eigenvalue weighted by Crippen LogP contribution is 2.27. The molecule has 0 aliphatic carbocycles. The molecule has 0 unspecified atom stereocenters. The van der Waals surface area contributed by atoms with Crippen molar-refractivity contribution in [1.82, 2.24) is 29.9 Å². The molecule has 0 atom stereocenters. The molecule has 1 saturated heterocycles. The molecule has 0 bridgehead atoms. The average molecular weight is 488 g/mol. The Balaban J connectivity index is 1.33. The van der Waals surface area contributed by atoms with E-state index in [0.717, 1.165) is 16.7 Å². The number of aromatic nitrogens is 5. The van der Waals surface area contributed by atoms with Gasteiger partial charge in [0.1, 0.15) is 5.82 Å². The van der Waals surface area contributed by atoms with Gasteiger partial charge in [0.15, 0.2) is 11.2 Å². The second-order valence-electron chi connectivity index (χ2n) is 9.17. The number of nitro groups is 1. The number of rotatable bonds is 5. The Morgan fingerprint density at radius 1 is 1.14 bits per heavy atom. The van der Waals surface area contributed by atoms with Crippen LogP contribution in [0.15, 0.2) is 47.3 Å². The quantitative estimate of drug-likeness (QED) is 0.337. The highest BCUT2D eigenvalue weighted by atomic mass is 16.6. The van der Waals surface area contributed by atoms with Gasteiger partial charge in [0.05, 0.1) is 11.5 Å². The Morgan fingerprint density at radius 2 is 1.86 bits per heavy atom. The first-order chi connectivity index (χ1) is 17.3. The summed E-state index contributed by atoms with van der Waals surface area (Å²) in [5, 5.41) is 19.1. The van der Waals surface area contributed by atoms with Gasteiger partial charge in [-0.1, -0.05) is 29.0 Å². The van der Waals surface area contributed by atoms with E-state index in [1.54, 1.807) is 9.58 Å². The third-order valence-corrected chi connectivity index (χ3v) is 6.71. The van der Waals surface area contributed by atoms with Crippen molar-refractivity contribution in [3.8, 4) is 0 Å². The monoisotopic (exact) mass is 487 g/mol. The normalized spacial score (nSPS) is 14.3. The van der Waals surface area contributed by atoms with Crippen LogP contribution in [0.5, 0.6) is 0 Å². The van der Waals surface area contributed by atoms with Crippen LogP contribution >= 0.6 is 0 Å². The number of amides is 1. The fourth-order valence-corrected chi connectivity index (χ4v) is 4.58. The molecule has 1 aliphatic heterocycles. The number of likely N-dealkylation sites (tertiary alicyclic amines) is 1. The van der Waals surface area contributed by atoms with Crippen LogP contribution in [-0.2, 0) is 6.54 Å². The number of piperidine rings is 1. The Morgan fingerprint density at radius 3 is 2.56 bits per heavy atom. The third-order valence-electron chi connectivity index (χ3n) is 6.71. The Labute approximate surface area is 205 Å². The number of carbonyl (C=O) groups is 1. The lowest BCUT2D eigenvalue weighted by molar-refractivity contribution is -0.384. The van der Waals surface area contributed by atoms with Crippen LogP contribution in [0, 0.1) is 24.0 Å². The van der Waals surface area contributed by atoms with E-state index in [-0.39, 0.29) is 28.6 Å². The maximum atomic E-state index is 12.9. The van der Waals surface area contributed by atoms with Crippen molar-refractivity contribution in [3.05, 3.63) is 91.0 Å². The number of hydrogen-bond acceptors (Lipinski definition) is 7. The summed E-state index contributed by atoms with van der Waals surface area (Å²) >= 11 is 0. The number of aromatic amines is 1. The lowest BCUT2D eigenvalue weighted by Crippen LogP contribution is -2.38. The predicted molar refractivity (Wildman–Crippen MR) is 132 cm³/mol. The van der Waals surface area contributed by atoms with Crippen LogP contribution in [0.2, 0.25) is 0 Å². The first-order valence-electron chi connectivity index (χ1n) is 11.7. The molecule has 1 N–H and O–H groups in total. The van der Waals surface area contributed by atoms with Gasteiger partial charge < -0.3 is 9.88 Å². The van der Waals surface area contributed by atoms with Crippen molar-refractivity contribution in [2.24, 2.45) is 0 Å². The molecule has 2 aromatic carbocycles. The molecule has 1 fully saturated rings. The lowest BCUT2D eigenvalue weighted by Gasteiger charge is -2.31. The van der Waals surface area contributed by atoms with E-state index in [4.69, 9.17) is 4.98 Å². The molecule has 11 heteroatoms. The summed E-state index contributed by atoms with van der Waals surface area (Å²) in [4.78, 5) is 45.3. The minimum Gasteiger partial charge on any atom is -0.339 e. The summed E-state index contributed by atoms with van der Waals surface area (Å²) in [7, 11) is 0. The van der Waals surface area contributed by atoms with Crippen molar-refractivity contribution in [3.63, 3.8) is 0 Å². The number of carbonyl (C=O) groups excluding carboxylic acids is 1. The Hall–Kier alpha value is -4.41. The smallest absolute Gasteiger partial charge is 0.281 e. The number of benzene rings is 2. The SMILES string of the molecule is Cc1ccc(C)c(Cn2nnc3c(=O)[nH]c(C4CCN(C(=O)c5ccc([N+](=O)[O-])cc5)CC4)nc32)c1. The molecule has 5 rings (SSSR count). The van der Waals surface area contributed by atoms with Gasteiger partial charge in [0, 0.05) is 36.7 Å². The van der Waals surface area contributed by atoms with E-state index < -0.39 is 4.92 Å². The number of aryl methyl sites for hydroxylation is 2. The summed E-state index contributed by atoms with van der Waals surface area (Å²) in [6.45, 7) is 5.50. The van der Waals surface area contributed by atoms with Gasteiger partial charge in [-0.2, -0.15) is 0 Å². The standard InChI is InChI=1S/C25H25N7O4/c1-15-3-4-16(2)19(13-15)14-31-23-21(28-29-31)24(33)27-22(26-23)17-9-11-30(12-10-17)25(34)18-5-7-20(8-6-18)32(35)36/h3-8,13,17H,9-12,14H2,1-2H3,(H,26,27,33). The van der Waals surface area contributed by atoms with E-state index in [2.05, 4.69) is 33.5 Å². The molecule has 4 aromatic rings. The van der Waals surface area contributed by atoms with Crippen LogP contribution in [0.4, 0.5) is 5.69 Å². The number of nitro benzene ring substituents is 1. The molecule has 0 radical (unpaired) electrons. The van der Waals surface area contributed by atoms with E-state index in [1.165, 1.54) is 24.3 Å². The second-order valence-corrected chi connectivity index (χ2v) is 9.17. The zero-order valence-electron chi connectivity index (χ0n) is 20.0. The van der Waals surface area contributed by atoms with Crippen LogP contribution in [-0.4, -0.2) is 53.8 Å². The number of nitrogens with zero attached hydrogens (tertiary/aromatic N) is 6. The van der Waals surface area contributed by atoms with Crippen molar-refractivity contribution < 1.29 is 9.72 Å². The number of hydrogen-bond donors (Lipinski definition) is 1. The van der Waals surface area contributed by atoms with E-state index in [0.29, 0.717) is 49.5 Å². The first kappa shape index (κ1) is 23.3. The van der Waals surface area contributed by atoms with Crippen molar-refractivity contribution in [2.75, 3.05) is 13.1 Å². The molecule has 1 aliphatic rings. The molecule has 0 spiro atoms. The van der Waals surface area contributed by atoms with Crippen LogP contribution < -0.4 is 5.56 Å². The minimum atomic E-state index is -0.492. The van der Waals surface area contributed by atoms with Gasteiger partial charge in [-0.25, -0.2) is 9.67 Å². The van der Waals surface area contributed by atoms with E-state index >= 15 is 0 Å². The maximum Gasteiger partial charge on any atom is 0.281 e. The fourth-order valence-electron chi connectivity index (χ4n) is 4.58. The Bertz CT molecular complexity index is 1520. The van der Waals surface area contributed by atoms with Crippen molar-refractivity contribution in [1.29, 1.82) is 0 Å². The van der Waals surface area contributed by atoms with E-state index in [1.807, 2.05) is 13.8 Å². The zero-order chi connectivity index (χ0) is 25.4. The molecular formula is C25H25N7O4. The fraction of sp³-hybridized carbons (Fsp3) is 0.320. The zero-order valence-corrected chi connectivity index (χ0v) is 20.0. The van der Waals surface area contributed by atoms with Crippen LogP contribution in [0.3, 0.4) is 0 Å². The van der Waals surface area contributed by atoms with Gasteiger partial charge in [0.25, 0.3) is 17.2 Å². The number of H-pyrrole nitrogens is 1. The lowest BCUT2D eigenvalue weighted by atomic mass is 9.95. The van der Waals surface area contributed by atoms with Gasteiger partial charge in [0.2, 0.25) is 0 Å². The molecule has 36 heavy (non-hydrogen) atoms. The molecular weight excluding hydrogens is 462 g/mol. The maximum absolute atomic E-state index is 12.9. The molecule has 1 amide bonds. The summed E-state index contributed by atoms with van der Waals surface area (Å²) in [5.74, 6) is 0.377. The summed E-state index contributed by atoms with van der Waals surface area (Å²) < 4.78 is 1.66. The van der Waals surface area contributed by atoms with Crippen molar-refractivity contribution >= 4 is 22.8 Å². The summed E-state index contributed by atoms with van der Waals surface area (Å²) in [5.41, 5.74) is 4.03. The largest absolute Gasteiger partial charge is 0.339 e. The molecule has 11 nitrogen and oxygen atoms in total. The topological polar surface area (TPSA) is 140 Å². The third kappa shape index (κ3) is 4.47. The van der Waals surface area contributed by atoms with E-state index in [9.17, 15) is 19.7 Å². The second kappa shape index (κ2) is 9.33. The summed E-state index contributed by atoms with van der Waals surface area (Å²) in [6.07, 6.45) is 1.26. The Kier molecular flexibility index (Phi) is 6.05. The molecule has 184 valence electrons. The van der Waals surface area contributed by atoms with Gasteiger partial charge in [-0.05, 0) is 49.9 Å². The van der Waals surface area contributed by atoms with Gasteiger partial charge in [-0.3, -0.25) is 19.7 Å². The highest BCUT2D eigenvalue weighted by Gasteiger charge is 2.27. The first-order valence-corrected chi connectivity index (χ1v) is 11.7. The van der Waals surface area contributed by atoms with Gasteiger partial charge >= 0.3 is 0 Å². The van der Waals surface area contributed by atoms with Crippen molar-refractivity contribution in [2.45, 2.75) is 39.2 Å². The number of fused-ring (bicyclic) bond motifs is 1. The van der Waals surface area contributed by atoms with Crippen LogP contribution in [0.1, 0.15) is 51.6 Å². The number of non-ortho nitro benzene ring substituents is 1. The molecule has 3 heterocycles. The minimum absolute atomic E-state index is 0.0212.